The van der Waals surface area contributed by atoms with Crippen LogP contribution in [0.3, 0.4) is 0 Å². The van der Waals surface area contributed by atoms with E-state index in [-0.39, 0.29) is 50.9 Å². The molecule has 0 aliphatic rings. The van der Waals surface area contributed by atoms with Crippen LogP contribution in [0.2, 0.25) is 0 Å². The highest BCUT2D eigenvalue weighted by molar-refractivity contribution is 8.93. The maximum absolute atomic E-state index is 9.09. The summed E-state index contributed by atoms with van der Waals surface area (Å²) in [7, 11) is 7.36. The first kappa shape index (κ1) is 24.0. The standard InChI is InChI=1S/C5H5N.3BrH.Cl2OS/c1-2-4-6-5-3-1;;;;1-4(2)3/h1-5H;3*1H;. The van der Waals surface area contributed by atoms with Gasteiger partial charge in [-0.3, -0.25) is 4.98 Å². The molecule has 1 aromatic heterocycles. The van der Waals surface area contributed by atoms with Crippen LogP contribution in [0.25, 0.3) is 0 Å². The number of halogens is 5. The minimum absolute atomic E-state index is 0. The Morgan fingerprint density at radius 3 is 1.31 bits per heavy atom. The quantitative estimate of drug-likeness (QED) is 0.574. The SMILES string of the molecule is Br.Br.Br.[O-][S+](Cl)Cl.c1ccncc1. The second-order valence-electron chi connectivity index (χ2n) is 1.21. The molecule has 13 heavy (non-hydrogen) atoms. The Kier molecular flexibility index (Phi) is 35.2. The van der Waals surface area contributed by atoms with Crippen molar-refractivity contribution in [2.24, 2.45) is 0 Å². The lowest BCUT2D eigenvalue weighted by Gasteiger charge is -1.73. The monoisotopic (exact) mass is 437 g/mol. The number of hydrogen-bond acceptors (Lipinski definition) is 2. The van der Waals surface area contributed by atoms with Crippen molar-refractivity contribution < 1.29 is 4.55 Å². The van der Waals surface area contributed by atoms with Crippen LogP contribution < -0.4 is 0 Å². The molecule has 0 aliphatic carbocycles. The summed E-state index contributed by atoms with van der Waals surface area (Å²) in [6, 6.07) is 5.72. The molecule has 8 heteroatoms. The molecule has 1 rings (SSSR count). The van der Waals surface area contributed by atoms with Crippen LogP contribution in [0, 0.1) is 0 Å². The highest BCUT2D eigenvalue weighted by atomic mass is 79.9. The summed E-state index contributed by atoms with van der Waals surface area (Å²) >= 11 is 0. The summed E-state index contributed by atoms with van der Waals surface area (Å²) in [6.07, 6.45) is 3.50. The van der Waals surface area contributed by atoms with Crippen molar-refractivity contribution in [3.05, 3.63) is 30.6 Å². The third-order valence-electron chi connectivity index (χ3n) is 0.566. The van der Waals surface area contributed by atoms with Crippen molar-refractivity contribution >= 4 is 81.9 Å². The van der Waals surface area contributed by atoms with Gasteiger partial charge in [0.05, 0.1) is 0 Å². The molecule has 0 saturated heterocycles. The molecule has 0 spiro atoms. The van der Waals surface area contributed by atoms with Crippen LogP contribution in [-0.4, -0.2) is 9.54 Å². The Bertz CT molecular complexity index is 130. The van der Waals surface area contributed by atoms with Gasteiger partial charge < -0.3 is 4.55 Å². The topological polar surface area (TPSA) is 36.0 Å². The zero-order valence-electron chi connectivity index (χ0n) is 6.13. The van der Waals surface area contributed by atoms with Gasteiger partial charge in [0.15, 0.2) is 31.0 Å². The minimum Gasteiger partial charge on any atom is -0.582 e. The largest absolute Gasteiger partial charge is 0.582 e. The van der Waals surface area contributed by atoms with Crippen LogP contribution in [0.1, 0.15) is 0 Å². The zero-order valence-corrected chi connectivity index (χ0v) is 13.6. The Morgan fingerprint density at radius 2 is 1.23 bits per heavy atom. The first-order valence-electron chi connectivity index (χ1n) is 2.33. The van der Waals surface area contributed by atoms with Crippen molar-refractivity contribution in [1.29, 1.82) is 0 Å². The number of pyridine rings is 1. The summed E-state index contributed by atoms with van der Waals surface area (Å²) in [5, 5.41) is 0. The Labute approximate surface area is 121 Å². The predicted molar refractivity (Wildman–Crippen MR) is 75.1 cm³/mol. The Morgan fingerprint density at radius 1 is 0.923 bits per heavy atom. The van der Waals surface area contributed by atoms with Crippen LogP contribution in [-0.2, 0) is 9.60 Å². The van der Waals surface area contributed by atoms with Gasteiger partial charge in [-0.1, -0.05) is 6.07 Å². The smallest absolute Gasteiger partial charge is 0.198 e. The molecule has 80 valence electrons. The second kappa shape index (κ2) is 19.1. The molecular formula is C5H8Br3Cl2NOS. The van der Waals surface area contributed by atoms with Crippen LogP contribution in [0.5, 0.6) is 0 Å². The van der Waals surface area contributed by atoms with E-state index in [0.717, 1.165) is 0 Å². The van der Waals surface area contributed by atoms with E-state index in [1.54, 1.807) is 12.4 Å². The second-order valence-corrected chi connectivity index (χ2v) is 3.73. The predicted octanol–water partition coefficient (Wildman–Crippen LogP) is 3.86. The summed E-state index contributed by atoms with van der Waals surface area (Å²) in [5.41, 5.74) is 0. The van der Waals surface area contributed by atoms with Gasteiger partial charge in [-0.15, -0.1) is 50.9 Å². The molecule has 0 bridgehead atoms. The maximum atomic E-state index is 9.09. The van der Waals surface area contributed by atoms with Gasteiger partial charge in [0.2, 0.25) is 0 Å². The average molecular weight is 441 g/mol. The molecule has 0 N–H and O–H groups in total. The van der Waals surface area contributed by atoms with Gasteiger partial charge >= 0.3 is 0 Å². The minimum atomic E-state index is -1.67. The summed E-state index contributed by atoms with van der Waals surface area (Å²) in [6.45, 7) is 0. The Balaban J connectivity index is -0.0000000536. The molecule has 0 saturated carbocycles. The molecule has 1 heterocycles. The molecule has 0 fully saturated rings. The lowest BCUT2D eigenvalue weighted by molar-refractivity contribution is 0.620. The summed E-state index contributed by atoms with van der Waals surface area (Å²) < 4.78 is 9.09. The average Bonchev–Trinajstić information content (AvgIpc) is 1.90. The van der Waals surface area contributed by atoms with E-state index in [1.165, 1.54) is 0 Å². The van der Waals surface area contributed by atoms with E-state index in [9.17, 15) is 0 Å². The molecule has 0 unspecified atom stereocenters. The van der Waals surface area contributed by atoms with Gasteiger partial charge in [0.1, 0.15) is 0 Å². The molecule has 0 aromatic carbocycles. The fourth-order valence-electron chi connectivity index (χ4n) is 0.313. The third kappa shape index (κ3) is 31.8. The van der Waals surface area contributed by atoms with Gasteiger partial charge in [0.25, 0.3) is 0 Å². The van der Waals surface area contributed by atoms with Crippen molar-refractivity contribution in [3.63, 3.8) is 0 Å². The van der Waals surface area contributed by atoms with Crippen molar-refractivity contribution in [1.82, 2.24) is 4.98 Å². The molecule has 0 radical (unpaired) electrons. The van der Waals surface area contributed by atoms with Gasteiger partial charge in [-0.05, 0) is 12.1 Å². The number of rotatable bonds is 0. The lowest BCUT2D eigenvalue weighted by Crippen LogP contribution is -1.63. The summed E-state index contributed by atoms with van der Waals surface area (Å²) in [5.74, 6) is 0. The van der Waals surface area contributed by atoms with Gasteiger partial charge in [0, 0.05) is 12.4 Å². The van der Waals surface area contributed by atoms with E-state index in [1.807, 2.05) is 18.2 Å². The summed E-state index contributed by atoms with van der Waals surface area (Å²) in [4.78, 5) is 3.78. The molecule has 1 aromatic rings. The molecule has 0 aliphatic heterocycles. The van der Waals surface area contributed by atoms with E-state index in [4.69, 9.17) is 4.55 Å². The molecular weight excluding hydrogens is 433 g/mol. The lowest BCUT2D eigenvalue weighted by atomic mass is 10.5. The fraction of sp³-hybridized carbons (Fsp3) is 0. The van der Waals surface area contributed by atoms with Crippen LogP contribution in [0.4, 0.5) is 0 Å². The van der Waals surface area contributed by atoms with E-state index in [0.29, 0.717) is 0 Å². The van der Waals surface area contributed by atoms with Crippen LogP contribution >= 0.6 is 72.3 Å². The third-order valence-corrected chi connectivity index (χ3v) is 0.566. The van der Waals surface area contributed by atoms with E-state index >= 15 is 0 Å². The first-order valence-corrected chi connectivity index (χ1v) is 5.13. The van der Waals surface area contributed by atoms with Crippen molar-refractivity contribution in [2.75, 3.05) is 0 Å². The normalized spacial score (nSPS) is 6.46. The van der Waals surface area contributed by atoms with Gasteiger partial charge in [-0.25, -0.2) is 0 Å². The molecule has 0 amide bonds. The molecule has 2 nitrogen and oxygen atoms in total. The number of hydrogen-bond donors (Lipinski definition) is 0. The molecule has 0 atom stereocenters. The fourth-order valence-corrected chi connectivity index (χ4v) is 0.313. The first-order chi connectivity index (χ1) is 4.73. The maximum Gasteiger partial charge on any atom is 0.198 e. The number of nitrogens with zero attached hydrogens (tertiary/aromatic N) is 1. The highest BCUT2D eigenvalue weighted by Gasteiger charge is 1.83. The van der Waals surface area contributed by atoms with Crippen LogP contribution in [0.15, 0.2) is 30.6 Å². The zero-order chi connectivity index (χ0) is 7.82. The highest BCUT2D eigenvalue weighted by Crippen LogP contribution is 1.98. The van der Waals surface area contributed by atoms with Gasteiger partial charge in [-0.2, -0.15) is 0 Å². The van der Waals surface area contributed by atoms with E-state index in [2.05, 4.69) is 26.3 Å². The number of aromatic nitrogens is 1. The van der Waals surface area contributed by atoms with Crippen molar-refractivity contribution in [3.8, 4) is 0 Å². The van der Waals surface area contributed by atoms with Crippen molar-refractivity contribution in [2.45, 2.75) is 0 Å². The van der Waals surface area contributed by atoms with E-state index < -0.39 is 9.60 Å². The Hall–Kier alpha value is 1.48.